The third kappa shape index (κ3) is 7.25. The molecule has 0 saturated heterocycles. The standard InChI is InChI=1S/C26H22F5N7O2S/c1-2-33-23-18(13-34-24(38-23)35-16-4-3-5-17(12-16)41(32)40)14-6-9-21(20(28)10-14)36-25(39)37-22-11-15(26(29,30)31)7-8-19(22)27/h3-13,32,41H,2H2,1H3,(H2,36,37,39)(H2,33,34,35,38). The predicted octanol–water partition coefficient (Wildman–Crippen LogP) is 6.86. The highest BCUT2D eigenvalue weighted by Gasteiger charge is 2.31. The third-order valence-corrected chi connectivity index (χ3v) is 6.29. The predicted molar refractivity (Wildman–Crippen MR) is 146 cm³/mol. The fourth-order valence-electron chi connectivity index (χ4n) is 3.65. The number of amides is 2. The van der Waals surface area contributed by atoms with Crippen molar-refractivity contribution in [2.75, 3.05) is 27.8 Å². The highest BCUT2D eigenvalue weighted by molar-refractivity contribution is 7.73. The summed E-state index contributed by atoms with van der Waals surface area (Å²) in [6.07, 6.45) is -3.31. The Labute approximate surface area is 232 Å². The van der Waals surface area contributed by atoms with E-state index in [1.165, 1.54) is 24.4 Å². The first-order valence-electron chi connectivity index (χ1n) is 11.9. The van der Waals surface area contributed by atoms with Gasteiger partial charge >= 0.3 is 12.2 Å². The number of alkyl halides is 3. The van der Waals surface area contributed by atoms with Crippen LogP contribution in [0, 0.1) is 16.4 Å². The summed E-state index contributed by atoms with van der Waals surface area (Å²) in [5, 5.41) is 10.1. The first-order chi connectivity index (χ1) is 19.4. The fraction of sp³-hybridized carbons (Fsp3) is 0.115. The number of benzene rings is 3. The zero-order chi connectivity index (χ0) is 29.7. The van der Waals surface area contributed by atoms with Gasteiger partial charge in [-0.25, -0.2) is 22.8 Å². The molecule has 0 spiro atoms. The number of carbonyl (C=O) groups is 1. The fourth-order valence-corrected chi connectivity index (χ4v) is 4.13. The van der Waals surface area contributed by atoms with Crippen molar-refractivity contribution in [3.63, 3.8) is 0 Å². The molecule has 1 aromatic heterocycles. The van der Waals surface area contributed by atoms with E-state index in [4.69, 9.17) is 4.78 Å². The molecular formula is C26H22F5N7O2S. The summed E-state index contributed by atoms with van der Waals surface area (Å²) in [6, 6.07) is 10.6. The van der Waals surface area contributed by atoms with Gasteiger partial charge in [0.05, 0.1) is 27.5 Å². The van der Waals surface area contributed by atoms with E-state index in [1.54, 1.807) is 18.2 Å². The van der Waals surface area contributed by atoms with Crippen LogP contribution in [-0.4, -0.2) is 26.8 Å². The van der Waals surface area contributed by atoms with Crippen molar-refractivity contribution in [2.24, 2.45) is 0 Å². The minimum absolute atomic E-state index is 0.180. The largest absolute Gasteiger partial charge is 0.416 e. The molecule has 9 nitrogen and oxygen atoms in total. The van der Waals surface area contributed by atoms with Crippen molar-refractivity contribution in [1.29, 1.82) is 4.78 Å². The van der Waals surface area contributed by atoms with Crippen LogP contribution in [0.2, 0.25) is 0 Å². The number of hydrogen-bond acceptors (Lipinski definition) is 7. The zero-order valence-corrected chi connectivity index (χ0v) is 22.0. The van der Waals surface area contributed by atoms with Gasteiger partial charge in [-0.1, -0.05) is 12.1 Å². The van der Waals surface area contributed by atoms with Crippen LogP contribution in [0.15, 0.2) is 71.8 Å². The Bertz CT molecular complexity index is 1670. The lowest BCUT2D eigenvalue weighted by Crippen LogP contribution is -2.21. The summed E-state index contributed by atoms with van der Waals surface area (Å²) in [7, 11) is -2.28. The van der Waals surface area contributed by atoms with Crippen molar-refractivity contribution < 1.29 is 31.0 Å². The lowest BCUT2D eigenvalue weighted by Gasteiger charge is -2.14. The Morgan fingerprint density at radius 3 is 2.41 bits per heavy atom. The van der Waals surface area contributed by atoms with Crippen LogP contribution < -0.4 is 21.3 Å². The van der Waals surface area contributed by atoms with Gasteiger partial charge in [0.25, 0.3) is 0 Å². The molecule has 5 N–H and O–H groups in total. The second-order valence-electron chi connectivity index (χ2n) is 8.42. The summed E-state index contributed by atoms with van der Waals surface area (Å²) < 4.78 is 86.5. The smallest absolute Gasteiger partial charge is 0.370 e. The molecule has 2 amide bonds. The topological polar surface area (TPSA) is 132 Å². The van der Waals surface area contributed by atoms with Crippen molar-refractivity contribution in [3.8, 4) is 11.1 Å². The summed E-state index contributed by atoms with van der Waals surface area (Å²) in [5.41, 5.74) is -0.929. The molecule has 0 fully saturated rings. The van der Waals surface area contributed by atoms with Gasteiger partial charge < -0.3 is 21.3 Å². The Hall–Kier alpha value is -4.79. The summed E-state index contributed by atoms with van der Waals surface area (Å²) >= 11 is 0. The lowest BCUT2D eigenvalue weighted by molar-refractivity contribution is -0.137. The van der Waals surface area contributed by atoms with E-state index in [1.807, 2.05) is 12.2 Å². The molecular weight excluding hydrogens is 569 g/mol. The number of rotatable bonds is 8. The number of nitrogens with zero attached hydrogens (tertiary/aromatic N) is 2. The van der Waals surface area contributed by atoms with E-state index in [-0.39, 0.29) is 11.6 Å². The Balaban J connectivity index is 1.53. The molecule has 1 unspecified atom stereocenters. The van der Waals surface area contributed by atoms with Crippen molar-refractivity contribution in [2.45, 2.75) is 18.0 Å². The molecule has 0 bridgehead atoms. The Kier molecular flexibility index (Phi) is 8.66. The van der Waals surface area contributed by atoms with Crippen LogP contribution in [0.4, 0.5) is 55.6 Å². The number of thiol groups is 1. The van der Waals surface area contributed by atoms with E-state index in [0.29, 0.717) is 52.3 Å². The van der Waals surface area contributed by atoms with Crippen LogP contribution in [0.1, 0.15) is 12.5 Å². The van der Waals surface area contributed by atoms with E-state index < -0.39 is 45.7 Å². The highest BCUT2D eigenvalue weighted by atomic mass is 32.2. The third-order valence-electron chi connectivity index (χ3n) is 5.54. The molecule has 4 aromatic rings. The minimum Gasteiger partial charge on any atom is -0.370 e. The monoisotopic (exact) mass is 591 g/mol. The quantitative estimate of drug-likeness (QED) is 0.0980. The van der Waals surface area contributed by atoms with Crippen LogP contribution in [0.25, 0.3) is 11.1 Å². The Morgan fingerprint density at radius 2 is 1.73 bits per heavy atom. The number of carbonyl (C=O) groups excluding carboxylic acids is 1. The van der Waals surface area contributed by atoms with Crippen molar-refractivity contribution in [1.82, 2.24) is 9.97 Å². The number of hydrogen-bond donors (Lipinski definition) is 6. The maximum atomic E-state index is 14.9. The van der Waals surface area contributed by atoms with Crippen LogP contribution in [0.5, 0.6) is 0 Å². The van der Waals surface area contributed by atoms with Gasteiger partial charge in [-0.3, -0.25) is 4.78 Å². The SMILES string of the molecule is CCNc1nc(Nc2cccc([SH](=N)=O)c2)ncc1-c1ccc(NC(=O)Nc2cc(C(F)(F)F)ccc2F)c(F)c1. The van der Waals surface area contributed by atoms with Gasteiger partial charge in [0, 0.05) is 28.9 Å². The molecule has 0 saturated carbocycles. The second kappa shape index (κ2) is 12.2. The number of nitrogens with one attached hydrogen (secondary N) is 5. The maximum Gasteiger partial charge on any atom is 0.416 e. The first-order valence-corrected chi connectivity index (χ1v) is 13.1. The van der Waals surface area contributed by atoms with Crippen molar-refractivity contribution >= 4 is 45.5 Å². The molecule has 3 aromatic carbocycles. The van der Waals surface area contributed by atoms with Crippen molar-refractivity contribution in [3.05, 3.63) is 84.1 Å². The summed E-state index contributed by atoms with van der Waals surface area (Å²) in [4.78, 5) is 21.3. The second-order valence-corrected chi connectivity index (χ2v) is 9.53. The van der Waals surface area contributed by atoms with Crippen LogP contribution in [-0.2, 0) is 16.8 Å². The normalized spacial score (nSPS) is 12.0. The molecule has 0 radical (unpaired) electrons. The number of urea groups is 1. The van der Waals surface area contributed by atoms with Crippen LogP contribution >= 0.6 is 0 Å². The minimum atomic E-state index is -4.75. The molecule has 0 aliphatic rings. The van der Waals surface area contributed by atoms with Gasteiger partial charge in [0.1, 0.15) is 17.5 Å². The average molecular weight is 592 g/mol. The maximum absolute atomic E-state index is 14.9. The Morgan fingerprint density at radius 1 is 0.976 bits per heavy atom. The highest BCUT2D eigenvalue weighted by Crippen LogP contribution is 2.33. The molecule has 0 aliphatic heterocycles. The van der Waals surface area contributed by atoms with E-state index >= 15 is 0 Å². The number of halogens is 5. The molecule has 214 valence electrons. The average Bonchev–Trinajstić information content (AvgIpc) is 2.91. The summed E-state index contributed by atoms with van der Waals surface area (Å²) in [5.74, 6) is -1.45. The van der Waals surface area contributed by atoms with Gasteiger partial charge in [-0.2, -0.15) is 18.2 Å². The molecule has 41 heavy (non-hydrogen) atoms. The zero-order valence-electron chi connectivity index (χ0n) is 21.1. The number of aromatic nitrogens is 2. The number of anilines is 5. The van der Waals surface area contributed by atoms with E-state index in [9.17, 15) is 31.0 Å². The van der Waals surface area contributed by atoms with Gasteiger partial charge in [0.15, 0.2) is 0 Å². The van der Waals surface area contributed by atoms with E-state index in [2.05, 4.69) is 25.9 Å². The molecule has 15 heteroatoms. The molecule has 4 rings (SSSR count). The summed E-state index contributed by atoms with van der Waals surface area (Å²) in [6.45, 7) is 2.29. The van der Waals surface area contributed by atoms with E-state index in [0.717, 1.165) is 6.07 Å². The molecule has 1 heterocycles. The molecule has 1 atom stereocenters. The first kappa shape index (κ1) is 29.2. The van der Waals surface area contributed by atoms with Gasteiger partial charge in [-0.05, 0) is 61.0 Å². The van der Waals surface area contributed by atoms with Gasteiger partial charge in [-0.15, -0.1) is 0 Å². The van der Waals surface area contributed by atoms with Crippen LogP contribution in [0.3, 0.4) is 0 Å². The molecule has 0 aliphatic carbocycles. The lowest BCUT2D eigenvalue weighted by atomic mass is 10.1. The van der Waals surface area contributed by atoms with Gasteiger partial charge in [0.2, 0.25) is 5.95 Å².